The number of hydrogen-bond donors (Lipinski definition) is 0. The van der Waals surface area contributed by atoms with Crippen LogP contribution in [0.2, 0.25) is 0 Å². The lowest BCUT2D eigenvalue weighted by molar-refractivity contribution is 0.0993. The molecule has 0 saturated carbocycles. The molecule has 0 spiro atoms. The molecule has 0 unspecified atom stereocenters. The number of thiazole rings is 1. The summed E-state index contributed by atoms with van der Waals surface area (Å²) in [5.74, 6) is 0.0377. The summed E-state index contributed by atoms with van der Waals surface area (Å²) in [6.45, 7) is 6.10. The Kier molecular flexibility index (Phi) is 3.18. The Morgan fingerprint density at radius 3 is 2.90 bits per heavy atom. The Morgan fingerprint density at radius 1 is 1.40 bits per heavy atom. The Hall–Kier alpha value is -1.60. The molecule has 104 valence electrons. The molecule has 0 aromatic carbocycles. The van der Waals surface area contributed by atoms with Gasteiger partial charge >= 0.3 is 0 Å². The number of hydrogen-bond acceptors (Lipinski definition) is 6. The van der Waals surface area contributed by atoms with E-state index in [2.05, 4.69) is 14.6 Å². The molecule has 0 N–H and O–H groups in total. The first-order valence-corrected chi connectivity index (χ1v) is 7.87. The third-order valence-corrected chi connectivity index (χ3v) is 4.47. The lowest BCUT2D eigenvalue weighted by atomic mass is 9.90. The van der Waals surface area contributed by atoms with Crippen molar-refractivity contribution in [2.24, 2.45) is 0 Å². The minimum absolute atomic E-state index is 0.0377. The van der Waals surface area contributed by atoms with Crippen molar-refractivity contribution in [1.29, 1.82) is 0 Å². The molecule has 0 atom stereocenters. The highest BCUT2D eigenvalue weighted by molar-refractivity contribution is 7.15. The molecule has 0 aliphatic heterocycles. The summed E-state index contributed by atoms with van der Waals surface area (Å²) in [4.78, 5) is 18.4. The van der Waals surface area contributed by atoms with Crippen molar-refractivity contribution in [2.45, 2.75) is 32.6 Å². The van der Waals surface area contributed by atoms with E-state index in [1.54, 1.807) is 11.3 Å². The fourth-order valence-electron chi connectivity index (χ4n) is 1.97. The van der Waals surface area contributed by atoms with Gasteiger partial charge in [-0.15, -0.1) is 16.4 Å². The van der Waals surface area contributed by atoms with Crippen LogP contribution in [0.15, 0.2) is 17.8 Å². The van der Waals surface area contributed by atoms with Crippen LogP contribution in [-0.2, 0) is 11.8 Å². The maximum atomic E-state index is 12.4. The van der Waals surface area contributed by atoms with Crippen LogP contribution in [0.1, 0.15) is 41.8 Å². The third-order valence-electron chi connectivity index (χ3n) is 2.94. The largest absolute Gasteiger partial charge is 0.297 e. The van der Waals surface area contributed by atoms with Gasteiger partial charge in [0.1, 0.15) is 4.88 Å². The van der Waals surface area contributed by atoms with Gasteiger partial charge in [-0.1, -0.05) is 25.3 Å². The Balaban J connectivity index is 1.86. The molecule has 0 aliphatic carbocycles. The van der Waals surface area contributed by atoms with Gasteiger partial charge < -0.3 is 0 Å². The van der Waals surface area contributed by atoms with Gasteiger partial charge in [0.05, 0.1) is 17.8 Å². The molecule has 0 radical (unpaired) electrons. The quantitative estimate of drug-likeness (QED) is 0.698. The molecule has 0 amide bonds. The summed E-state index contributed by atoms with van der Waals surface area (Å²) in [6, 6.07) is 0. The van der Waals surface area contributed by atoms with E-state index in [1.165, 1.54) is 11.5 Å². The summed E-state index contributed by atoms with van der Waals surface area (Å²) in [7, 11) is 0. The molecule has 5 nitrogen and oxygen atoms in total. The molecule has 0 aliphatic rings. The molecule has 3 aromatic heterocycles. The van der Waals surface area contributed by atoms with Crippen molar-refractivity contribution in [3.8, 4) is 0 Å². The van der Waals surface area contributed by atoms with Crippen LogP contribution in [0, 0.1) is 0 Å². The van der Waals surface area contributed by atoms with Gasteiger partial charge in [-0.3, -0.25) is 9.20 Å². The second kappa shape index (κ2) is 4.75. The van der Waals surface area contributed by atoms with Crippen molar-refractivity contribution in [1.82, 2.24) is 19.0 Å². The van der Waals surface area contributed by atoms with Gasteiger partial charge in [0.2, 0.25) is 0 Å². The molecule has 0 bridgehead atoms. The van der Waals surface area contributed by atoms with E-state index in [4.69, 9.17) is 0 Å². The number of Topliss-reactive ketones (excluding diaryl/α,β-unsaturated/α-hetero) is 1. The van der Waals surface area contributed by atoms with Crippen LogP contribution >= 0.6 is 22.9 Å². The Morgan fingerprint density at radius 2 is 2.20 bits per heavy atom. The van der Waals surface area contributed by atoms with Crippen molar-refractivity contribution in [2.75, 3.05) is 0 Å². The first-order chi connectivity index (χ1) is 9.45. The van der Waals surface area contributed by atoms with Gasteiger partial charge in [-0.2, -0.15) is 0 Å². The van der Waals surface area contributed by atoms with Gasteiger partial charge in [0.15, 0.2) is 10.7 Å². The van der Waals surface area contributed by atoms with Crippen LogP contribution in [0.5, 0.6) is 0 Å². The lowest BCUT2D eigenvalue weighted by Crippen LogP contribution is -2.17. The van der Waals surface area contributed by atoms with Crippen molar-refractivity contribution < 1.29 is 4.79 Å². The fourth-order valence-corrected chi connectivity index (χ4v) is 3.50. The van der Waals surface area contributed by atoms with E-state index in [0.717, 1.165) is 16.3 Å². The van der Waals surface area contributed by atoms with E-state index in [1.807, 2.05) is 42.9 Å². The SMILES string of the molecule is CC(C)(C)c1nnsc1C(=O)Cc1cn2ccsc2n1. The second-order valence-electron chi connectivity index (χ2n) is 5.63. The maximum absolute atomic E-state index is 12.4. The molecular weight excluding hydrogens is 292 g/mol. The topological polar surface area (TPSA) is 60.2 Å². The summed E-state index contributed by atoms with van der Waals surface area (Å²) < 4.78 is 5.86. The molecule has 3 rings (SSSR count). The average molecular weight is 306 g/mol. The lowest BCUT2D eigenvalue weighted by Gasteiger charge is -2.15. The van der Waals surface area contributed by atoms with E-state index < -0.39 is 0 Å². The number of rotatable bonds is 3. The van der Waals surface area contributed by atoms with Gasteiger partial charge in [0, 0.05) is 23.2 Å². The molecule has 20 heavy (non-hydrogen) atoms. The summed E-state index contributed by atoms with van der Waals surface area (Å²) >= 11 is 2.73. The zero-order valence-electron chi connectivity index (χ0n) is 11.5. The number of imidazole rings is 1. The third kappa shape index (κ3) is 2.38. The van der Waals surface area contributed by atoms with E-state index in [0.29, 0.717) is 11.3 Å². The van der Waals surface area contributed by atoms with E-state index in [-0.39, 0.29) is 11.2 Å². The number of aromatic nitrogens is 4. The first-order valence-electron chi connectivity index (χ1n) is 6.22. The summed E-state index contributed by atoms with van der Waals surface area (Å²) in [5.41, 5.74) is 1.38. The van der Waals surface area contributed by atoms with Crippen LogP contribution in [-0.4, -0.2) is 24.8 Å². The Bertz CT molecular complexity index is 734. The molecule has 0 fully saturated rings. The highest BCUT2D eigenvalue weighted by Crippen LogP contribution is 2.26. The normalized spacial score (nSPS) is 12.2. The Labute approximate surface area is 124 Å². The highest BCUT2D eigenvalue weighted by Gasteiger charge is 2.26. The number of fused-ring (bicyclic) bond motifs is 1. The minimum Gasteiger partial charge on any atom is -0.297 e. The van der Waals surface area contributed by atoms with Gasteiger partial charge in [-0.25, -0.2) is 4.98 Å². The molecule has 3 aromatic rings. The molecule has 7 heteroatoms. The van der Waals surface area contributed by atoms with Gasteiger partial charge in [-0.05, 0) is 11.5 Å². The fraction of sp³-hybridized carbons (Fsp3) is 0.385. The van der Waals surface area contributed by atoms with Crippen molar-refractivity contribution >= 4 is 33.6 Å². The number of ketones is 1. The molecular formula is C13H14N4OS2. The second-order valence-corrected chi connectivity index (χ2v) is 7.25. The van der Waals surface area contributed by atoms with E-state index in [9.17, 15) is 4.79 Å². The molecule has 0 saturated heterocycles. The van der Waals surface area contributed by atoms with E-state index >= 15 is 0 Å². The zero-order valence-corrected chi connectivity index (χ0v) is 13.1. The minimum atomic E-state index is -0.174. The highest BCUT2D eigenvalue weighted by atomic mass is 32.1. The zero-order chi connectivity index (χ0) is 14.3. The first kappa shape index (κ1) is 13.4. The maximum Gasteiger partial charge on any atom is 0.193 e. The smallest absolute Gasteiger partial charge is 0.193 e. The molecule has 3 heterocycles. The van der Waals surface area contributed by atoms with Gasteiger partial charge in [0.25, 0.3) is 0 Å². The van der Waals surface area contributed by atoms with Crippen LogP contribution in [0.25, 0.3) is 4.96 Å². The number of carbonyl (C=O) groups excluding carboxylic acids is 1. The number of carbonyl (C=O) groups is 1. The predicted molar refractivity (Wildman–Crippen MR) is 79.7 cm³/mol. The monoisotopic (exact) mass is 306 g/mol. The number of nitrogens with zero attached hydrogens (tertiary/aromatic N) is 4. The standard InChI is InChI=1S/C13H14N4OS2/c1-13(2,3)11-10(20-16-15-11)9(18)6-8-7-17-4-5-19-12(17)14-8/h4-5,7H,6H2,1-3H3. The van der Waals surface area contributed by atoms with Crippen LogP contribution in [0.3, 0.4) is 0 Å². The summed E-state index contributed by atoms with van der Waals surface area (Å²) in [5, 5.41) is 6.08. The average Bonchev–Trinajstić information content (AvgIpc) is 3.00. The van der Waals surface area contributed by atoms with Crippen LogP contribution in [0.4, 0.5) is 0 Å². The summed E-state index contributed by atoms with van der Waals surface area (Å²) in [6.07, 6.45) is 4.13. The van der Waals surface area contributed by atoms with Crippen LogP contribution < -0.4 is 0 Å². The van der Waals surface area contributed by atoms with Crippen molar-refractivity contribution in [3.63, 3.8) is 0 Å². The van der Waals surface area contributed by atoms with Crippen molar-refractivity contribution in [3.05, 3.63) is 34.0 Å². The predicted octanol–water partition coefficient (Wildman–Crippen LogP) is 2.97.